The zero-order valence-corrected chi connectivity index (χ0v) is 56.4. The van der Waals surface area contributed by atoms with Gasteiger partial charge in [-0.05, 0) is 170 Å². The number of carbonyl (C=O) groups excluding carboxylic acids is 3. The van der Waals surface area contributed by atoms with Gasteiger partial charge in [0.2, 0.25) is 0 Å². The number of carbonyl (C=O) groups is 6. The molecule has 0 saturated heterocycles. The van der Waals surface area contributed by atoms with E-state index in [1.807, 2.05) is 190 Å². The minimum atomic E-state index is -1.00. The van der Waals surface area contributed by atoms with E-state index in [1.54, 1.807) is 56.7 Å². The van der Waals surface area contributed by atoms with Gasteiger partial charge in [-0.3, -0.25) is 14.4 Å². The van der Waals surface area contributed by atoms with Gasteiger partial charge in [0.1, 0.15) is 34.3 Å². The standard InChI is InChI=1S/C29H28N2O4.C28H25NO4.C27H24N2O4/c1-35-23-10-6-7-19(17-23)18-31-25-12-5-4-11-24(25)26(27(31)29(33)34)20-13-15-21(16-14-20)28(32)30-22-8-2-3-9-22;1-18(30)21-7-5-8-22(15-21)26-24-10-2-3-11-25(24)29(27(26)28(31)32)16-20-6-4-9-23(14-20)33-17-19-12-13-19;1-33-21-6-4-5-17(15-21)16-29-23-8-3-2-7-22(23)24(25(29)27(31)32)18-9-11-19(12-10-18)26(30)28-20-13-14-20/h4-7,10-17,22H,2-3,8-9,18H2,1H3,(H,30,32)(H,33,34);2-11,14-15,19H,12-13,16-17H2,1H3,(H,31,32);2-12,15,20H,13-14,16H2,1H3,(H,28,30)(H,31,32). The smallest absolute Gasteiger partial charge is 0.353 e. The van der Waals surface area contributed by atoms with Gasteiger partial charge in [0.25, 0.3) is 11.8 Å². The number of nitrogens with zero attached hydrogens (tertiary/aromatic N) is 3. The number of aromatic nitrogens is 3. The minimum Gasteiger partial charge on any atom is -0.497 e. The van der Waals surface area contributed by atoms with Crippen LogP contribution in [-0.2, 0) is 19.6 Å². The molecule has 17 nitrogen and oxygen atoms in total. The quantitative estimate of drug-likeness (QED) is 0.0399. The summed E-state index contributed by atoms with van der Waals surface area (Å²) in [6, 6.07) is 68.3. The fourth-order valence-electron chi connectivity index (χ4n) is 13.6. The van der Waals surface area contributed by atoms with E-state index in [1.165, 1.54) is 19.8 Å². The number of hydrogen-bond donors (Lipinski definition) is 5. The highest BCUT2D eigenvalue weighted by Crippen LogP contribution is 2.40. The van der Waals surface area contributed by atoms with Crippen molar-refractivity contribution in [1.82, 2.24) is 24.3 Å². The van der Waals surface area contributed by atoms with Gasteiger partial charge in [-0.2, -0.15) is 0 Å². The maximum absolute atomic E-state index is 12.7. The van der Waals surface area contributed by atoms with E-state index in [0.717, 1.165) is 128 Å². The largest absolute Gasteiger partial charge is 0.497 e. The summed E-state index contributed by atoms with van der Waals surface area (Å²) in [7, 11) is 3.22. The van der Waals surface area contributed by atoms with Gasteiger partial charge in [-0.25, -0.2) is 14.4 Å². The molecule has 0 spiro atoms. The molecule has 15 rings (SSSR count). The number of ether oxygens (including phenoxy) is 3. The van der Waals surface area contributed by atoms with Crippen LogP contribution in [0, 0.1) is 5.92 Å². The molecule has 5 N–H and O–H groups in total. The van der Waals surface area contributed by atoms with Gasteiger partial charge >= 0.3 is 17.9 Å². The van der Waals surface area contributed by atoms with E-state index >= 15 is 0 Å². The molecule has 2 amide bonds. The highest BCUT2D eigenvalue weighted by molar-refractivity contribution is 6.11. The molecule has 9 aromatic carbocycles. The SMILES string of the molecule is CC(=O)c1cccc(-c2c(C(=O)O)n(Cc3cccc(OCC4CC4)c3)c3ccccc23)c1.COc1cccc(Cn2c(C(=O)O)c(-c3ccc(C(=O)NC4CC4)cc3)c3ccccc32)c1.COc1cccc(Cn2c(C(=O)O)c(-c3ccc(C(=O)NC4CCCC4)cc3)c3ccccc32)c1. The fraction of sp³-hybridized carbons (Fsp3) is 0.214. The highest BCUT2D eigenvalue weighted by atomic mass is 16.5. The first-order chi connectivity index (χ1) is 49.1. The van der Waals surface area contributed by atoms with Gasteiger partial charge in [0.15, 0.2) is 5.78 Å². The molecule has 0 unspecified atom stereocenters. The Bertz CT molecular complexity index is 5110. The Morgan fingerprint density at radius 1 is 0.396 bits per heavy atom. The topological polar surface area (TPSA) is 230 Å². The van der Waals surface area contributed by atoms with Crippen LogP contribution in [0.5, 0.6) is 17.2 Å². The molecule has 3 aliphatic rings. The number of benzene rings is 9. The number of Topliss-reactive ketones (excluding diaryl/α,β-unsaturated/α-hetero) is 1. The van der Waals surface area contributed by atoms with Crippen molar-refractivity contribution < 1.29 is 58.3 Å². The number of carboxylic acids is 3. The first kappa shape index (κ1) is 67.6. The zero-order chi connectivity index (χ0) is 70.3. The Kier molecular flexibility index (Phi) is 20.1. The minimum absolute atomic E-state index is 0.0551. The van der Waals surface area contributed by atoms with Crippen LogP contribution in [0.1, 0.15) is 138 Å². The molecule has 510 valence electrons. The number of amides is 2. The van der Waals surface area contributed by atoms with Crippen LogP contribution in [0.25, 0.3) is 66.1 Å². The molecular weight excluding hydrogens is 1270 g/mol. The molecule has 3 saturated carbocycles. The van der Waals surface area contributed by atoms with Crippen LogP contribution in [0.2, 0.25) is 0 Å². The van der Waals surface area contributed by atoms with Crippen molar-refractivity contribution in [3.63, 3.8) is 0 Å². The molecule has 0 atom stereocenters. The van der Waals surface area contributed by atoms with Crippen LogP contribution < -0.4 is 24.8 Å². The first-order valence-corrected chi connectivity index (χ1v) is 34.1. The Morgan fingerprint density at radius 3 is 1.16 bits per heavy atom. The number of para-hydroxylation sites is 3. The van der Waals surface area contributed by atoms with Gasteiger partial charge in [-0.1, -0.05) is 146 Å². The molecule has 17 heteroatoms. The van der Waals surface area contributed by atoms with Crippen molar-refractivity contribution in [3.8, 4) is 50.6 Å². The molecule has 0 radical (unpaired) electrons. The Labute approximate surface area is 584 Å². The molecule has 3 aliphatic carbocycles. The van der Waals surface area contributed by atoms with Crippen LogP contribution in [-0.4, -0.2) is 97.4 Å². The lowest BCUT2D eigenvalue weighted by atomic mass is 9.99. The van der Waals surface area contributed by atoms with Crippen molar-refractivity contribution in [2.24, 2.45) is 5.92 Å². The Balaban J connectivity index is 0.000000136. The Morgan fingerprint density at radius 2 is 0.772 bits per heavy atom. The summed E-state index contributed by atoms with van der Waals surface area (Å²) in [6.07, 6.45) is 8.87. The summed E-state index contributed by atoms with van der Waals surface area (Å²) in [6.45, 7) is 3.42. The first-order valence-electron chi connectivity index (χ1n) is 34.1. The number of carboxylic acid groups (broad SMARTS) is 3. The second-order valence-electron chi connectivity index (χ2n) is 26.0. The predicted molar refractivity (Wildman–Crippen MR) is 391 cm³/mol. The summed E-state index contributed by atoms with van der Waals surface area (Å²) in [5, 5.41) is 39.4. The highest BCUT2D eigenvalue weighted by Gasteiger charge is 2.29. The van der Waals surface area contributed by atoms with Crippen LogP contribution in [0.3, 0.4) is 0 Å². The molecule has 101 heavy (non-hydrogen) atoms. The lowest BCUT2D eigenvalue weighted by Crippen LogP contribution is -2.32. The molecule has 0 aliphatic heterocycles. The number of ketones is 1. The number of fused-ring (bicyclic) bond motifs is 3. The number of nitrogens with one attached hydrogen (secondary N) is 2. The lowest BCUT2D eigenvalue weighted by Gasteiger charge is -2.12. The van der Waals surface area contributed by atoms with Crippen molar-refractivity contribution in [2.75, 3.05) is 20.8 Å². The van der Waals surface area contributed by atoms with E-state index < -0.39 is 17.9 Å². The van der Waals surface area contributed by atoms with Crippen molar-refractivity contribution in [2.45, 2.75) is 90.0 Å². The molecule has 3 heterocycles. The molecule has 12 aromatic rings. The second kappa shape index (κ2) is 30.0. The van der Waals surface area contributed by atoms with Crippen molar-refractivity contribution in [3.05, 3.63) is 269 Å². The summed E-state index contributed by atoms with van der Waals surface area (Å²) < 4.78 is 22.1. The van der Waals surface area contributed by atoms with Gasteiger partial charge in [0.05, 0.1) is 20.8 Å². The van der Waals surface area contributed by atoms with E-state index in [0.29, 0.717) is 58.9 Å². The third-order valence-corrected chi connectivity index (χ3v) is 18.9. The lowest BCUT2D eigenvalue weighted by molar-refractivity contribution is 0.0676. The van der Waals surface area contributed by atoms with Crippen LogP contribution in [0.15, 0.2) is 218 Å². The van der Waals surface area contributed by atoms with E-state index in [4.69, 9.17) is 14.2 Å². The molecule has 3 aromatic heterocycles. The summed E-state index contributed by atoms with van der Waals surface area (Å²) in [5.74, 6) is -0.317. The monoisotopic (exact) mass is 1350 g/mol. The Hall–Kier alpha value is -12.0. The normalized spacial score (nSPS) is 13.4. The van der Waals surface area contributed by atoms with Gasteiger partial charge in [-0.15, -0.1) is 0 Å². The second-order valence-corrected chi connectivity index (χ2v) is 26.0. The summed E-state index contributed by atoms with van der Waals surface area (Å²) >= 11 is 0. The summed E-state index contributed by atoms with van der Waals surface area (Å²) in [4.78, 5) is 74.6. The fourth-order valence-corrected chi connectivity index (χ4v) is 13.6. The summed E-state index contributed by atoms with van der Waals surface area (Å²) in [5.41, 5.74) is 11.9. The average molecular weight is 1350 g/mol. The van der Waals surface area contributed by atoms with Gasteiger partial charge < -0.3 is 53.9 Å². The average Bonchev–Trinajstić information content (AvgIpc) is 1.61. The molecule has 3 fully saturated rings. The maximum Gasteiger partial charge on any atom is 0.353 e. The zero-order valence-electron chi connectivity index (χ0n) is 56.4. The third kappa shape index (κ3) is 15.2. The molecular formula is C84H77N5O12. The van der Waals surface area contributed by atoms with Crippen molar-refractivity contribution in [1.29, 1.82) is 0 Å². The number of hydrogen-bond acceptors (Lipinski definition) is 9. The van der Waals surface area contributed by atoms with E-state index in [2.05, 4.69) is 10.6 Å². The number of rotatable bonds is 22. The van der Waals surface area contributed by atoms with Crippen LogP contribution in [0.4, 0.5) is 0 Å². The molecule has 0 bridgehead atoms. The van der Waals surface area contributed by atoms with E-state index in [9.17, 15) is 44.1 Å². The number of methoxy groups -OCH3 is 2. The van der Waals surface area contributed by atoms with Crippen molar-refractivity contribution >= 4 is 68.2 Å². The maximum atomic E-state index is 12.7. The van der Waals surface area contributed by atoms with Crippen LogP contribution >= 0.6 is 0 Å². The third-order valence-electron chi connectivity index (χ3n) is 18.9. The number of aromatic carboxylic acids is 3. The van der Waals surface area contributed by atoms with E-state index in [-0.39, 0.29) is 46.8 Å². The van der Waals surface area contributed by atoms with Gasteiger partial charge in [0, 0.05) is 97.8 Å². The predicted octanol–water partition coefficient (Wildman–Crippen LogP) is 16.7.